The van der Waals surface area contributed by atoms with E-state index in [0.29, 0.717) is 10.9 Å². The lowest BCUT2D eigenvalue weighted by Gasteiger charge is -2.09. The van der Waals surface area contributed by atoms with Gasteiger partial charge in [-0.3, -0.25) is 0 Å². The topological polar surface area (TPSA) is 46.2 Å². The van der Waals surface area contributed by atoms with Gasteiger partial charge in [0.2, 0.25) is 0 Å². The summed E-state index contributed by atoms with van der Waals surface area (Å²) in [5.74, 6) is -0.186. The van der Waals surface area contributed by atoms with Gasteiger partial charge < -0.3 is 10.8 Å². The minimum absolute atomic E-state index is 0.178. The van der Waals surface area contributed by atoms with Crippen LogP contribution in [0.3, 0.4) is 0 Å². The Labute approximate surface area is 95.5 Å². The van der Waals surface area contributed by atoms with E-state index in [-0.39, 0.29) is 17.7 Å². The fourth-order valence-electron chi connectivity index (χ4n) is 1.69. The highest BCUT2D eigenvalue weighted by Crippen LogP contribution is 2.34. The molecule has 17 heavy (non-hydrogen) atoms. The maximum absolute atomic E-state index is 12.5. The van der Waals surface area contributed by atoms with Crippen molar-refractivity contribution in [3.05, 3.63) is 41.5 Å². The Hall–Kier alpha value is -1.75. The number of benzene rings is 2. The predicted octanol–water partition coefficient (Wildman–Crippen LogP) is 3.02. The molecule has 0 amide bonds. The number of aromatic hydroxyl groups is 1. The highest BCUT2D eigenvalue weighted by Gasteiger charge is 2.30. The smallest absolute Gasteiger partial charge is 0.416 e. The van der Waals surface area contributed by atoms with Crippen LogP contribution < -0.4 is 5.73 Å². The van der Waals surface area contributed by atoms with Crippen LogP contribution in [0, 0.1) is 0 Å². The molecule has 2 nitrogen and oxygen atoms in total. The molecule has 0 atom stereocenters. The third-order valence-corrected chi connectivity index (χ3v) is 2.56. The standard InChI is InChI=1S/C12H10F3NO/c13-12(14,15)9-2-1-8-3-7(6-16)4-11(17)10(8)5-9/h1-5,17H,6,16H2. The van der Waals surface area contributed by atoms with Crippen molar-refractivity contribution in [1.29, 1.82) is 0 Å². The highest BCUT2D eigenvalue weighted by molar-refractivity contribution is 5.89. The second-order valence-corrected chi connectivity index (χ2v) is 3.75. The predicted molar refractivity (Wildman–Crippen MR) is 58.5 cm³/mol. The van der Waals surface area contributed by atoms with E-state index in [4.69, 9.17) is 5.73 Å². The van der Waals surface area contributed by atoms with Crippen molar-refractivity contribution in [1.82, 2.24) is 0 Å². The lowest BCUT2D eigenvalue weighted by Crippen LogP contribution is -2.04. The molecule has 2 aromatic carbocycles. The molecule has 0 bridgehead atoms. The van der Waals surface area contributed by atoms with Gasteiger partial charge in [0.25, 0.3) is 0 Å². The van der Waals surface area contributed by atoms with Gasteiger partial charge in [0.15, 0.2) is 0 Å². The van der Waals surface area contributed by atoms with Crippen LogP contribution in [0.2, 0.25) is 0 Å². The molecule has 5 heteroatoms. The number of fused-ring (bicyclic) bond motifs is 1. The van der Waals surface area contributed by atoms with Gasteiger partial charge in [-0.25, -0.2) is 0 Å². The Morgan fingerprint density at radius 2 is 1.82 bits per heavy atom. The SMILES string of the molecule is NCc1cc(O)c2cc(C(F)(F)F)ccc2c1. The maximum atomic E-state index is 12.5. The number of hydrogen-bond donors (Lipinski definition) is 2. The van der Waals surface area contributed by atoms with Gasteiger partial charge in [-0.2, -0.15) is 13.2 Å². The zero-order valence-electron chi connectivity index (χ0n) is 8.75. The fraction of sp³-hybridized carbons (Fsp3) is 0.167. The minimum Gasteiger partial charge on any atom is -0.507 e. The zero-order valence-corrected chi connectivity index (χ0v) is 8.75. The number of rotatable bonds is 1. The average Bonchev–Trinajstić information content (AvgIpc) is 2.27. The molecule has 0 radical (unpaired) electrons. The Balaban J connectivity index is 2.67. The summed E-state index contributed by atoms with van der Waals surface area (Å²) < 4.78 is 37.5. The molecule has 2 aromatic rings. The number of hydrogen-bond acceptors (Lipinski definition) is 2. The third-order valence-electron chi connectivity index (χ3n) is 2.56. The van der Waals surface area contributed by atoms with Crippen LogP contribution in [0.4, 0.5) is 13.2 Å². The van der Waals surface area contributed by atoms with Gasteiger partial charge >= 0.3 is 6.18 Å². The molecule has 0 aliphatic carbocycles. The van der Waals surface area contributed by atoms with E-state index in [1.165, 1.54) is 12.1 Å². The van der Waals surface area contributed by atoms with E-state index in [2.05, 4.69) is 0 Å². The number of halogens is 3. The first-order valence-electron chi connectivity index (χ1n) is 4.95. The second kappa shape index (κ2) is 3.92. The van der Waals surface area contributed by atoms with E-state index in [1.807, 2.05) is 0 Å². The number of phenolic OH excluding ortho intramolecular Hbond substituents is 1. The molecule has 0 heterocycles. The molecule has 0 unspecified atom stereocenters. The van der Waals surface area contributed by atoms with Crippen LogP contribution in [-0.2, 0) is 12.7 Å². The lowest BCUT2D eigenvalue weighted by molar-refractivity contribution is -0.137. The van der Waals surface area contributed by atoms with Crippen molar-refractivity contribution in [2.24, 2.45) is 5.73 Å². The maximum Gasteiger partial charge on any atom is 0.416 e. The normalized spacial score (nSPS) is 12.0. The highest BCUT2D eigenvalue weighted by atomic mass is 19.4. The largest absolute Gasteiger partial charge is 0.507 e. The summed E-state index contributed by atoms with van der Waals surface area (Å²) in [5, 5.41) is 10.4. The van der Waals surface area contributed by atoms with E-state index >= 15 is 0 Å². The number of phenols is 1. The average molecular weight is 241 g/mol. The van der Waals surface area contributed by atoms with Crippen molar-refractivity contribution in [3.8, 4) is 5.75 Å². The summed E-state index contributed by atoms with van der Waals surface area (Å²) in [6.45, 7) is 0.227. The molecule has 0 aliphatic rings. The lowest BCUT2D eigenvalue weighted by atomic mass is 10.0. The van der Waals surface area contributed by atoms with Gasteiger partial charge in [0, 0.05) is 11.9 Å². The Bertz CT molecular complexity index is 563. The summed E-state index contributed by atoms with van der Waals surface area (Å²) in [7, 11) is 0. The minimum atomic E-state index is -4.41. The van der Waals surface area contributed by atoms with Gasteiger partial charge in [0.05, 0.1) is 5.56 Å². The monoisotopic (exact) mass is 241 g/mol. The van der Waals surface area contributed by atoms with Crippen molar-refractivity contribution in [2.75, 3.05) is 0 Å². The first-order chi connectivity index (χ1) is 7.91. The fourth-order valence-corrected chi connectivity index (χ4v) is 1.69. The number of nitrogens with two attached hydrogens (primary N) is 1. The molecule has 0 aliphatic heterocycles. The Morgan fingerprint density at radius 3 is 2.41 bits per heavy atom. The van der Waals surface area contributed by atoms with E-state index in [9.17, 15) is 18.3 Å². The van der Waals surface area contributed by atoms with Crippen LogP contribution in [0.25, 0.3) is 10.8 Å². The summed E-state index contributed by atoms with van der Waals surface area (Å²) in [6, 6.07) is 6.29. The molecule has 2 rings (SSSR count). The van der Waals surface area contributed by atoms with Crippen LogP contribution in [0.1, 0.15) is 11.1 Å². The Morgan fingerprint density at radius 1 is 1.12 bits per heavy atom. The van der Waals surface area contributed by atoms with Gasteiger partial charge in [0.1, 0.15) is 5.75 Å². The van der Waals surface area contributed by atoms with Crippen molar-refractivity contribution in [2.45, 2.75) is 12.7 Å². The molecule has 0 fully saturated rings. The summed E-state index contributed by atoms with van der Waals surface area (Å²) >= 11 is 0. The van der Waals surface area contributed by atoms with Crippen molar-refractivity contribution >= 4 is 10.8 Å². The van der Waals surface area contributed by atoms with E-state index < -0.39 is 11.7 Å². The third kappa shape index (κ3) is 2.19. The quantitative estimate of drug-likeness (QED) is 0.806. The molecule has 3 N–H and O–H groups in total. The molecular formula is C12H10F3NO. The Kier molecular flexibility index (Phi) is 2.71. The molecule has 0 saturated carbocycles. The molecule has 0 saturated heterocycles. The van der Waals surface area contributed by atoms with Gasteiger partial charge in [-0.15, -0.1) is 0 Å². The van der Waals surface area contributed by atoms with Crippen LogP contribution in [-0.4, -0.2) is 5.11 Å². The summed E-state index contributed by atoms with van der Waals surface area (Å²) in [5.41, 5.74) is 5.32. The molecule has 90 valence electrons. The van der Waals surface area contributed by atoms with E-state index in [0.717, 1.165) is 12.1 Å². The van der Waals surface area contributed by atoms with Crippen LogP contribution in [0.15, 0.2) is 30.3 Å². The van der Waals surface area contributed by atoms with E-state index in [1.54, 1.807) is 6.07 Å². The van der Waals surface area contributed by atoms with Crippen LogP contribution >= 0.6 is 0 Å². The number of alkyl halides is 3. The summed E-state index contributed by atoms with van der Waals surface area (Å²) in [6.07, 6.45) is -4.41. The first-order valence-corrected chi connectivity index (χ1v) is 4.95. The van der Waals surface area contributed by atoms with Gasteiger partial charge in [-0.05, 0) is 35.2 Å². The van der Waals surface area contributed by atoms with Crippen LogP contribution in [0.5, 0.6) is 5.75 Å². The molecular weight excluding hydrogens is 231 g/mol. The molecule has 0 aromatic heterocycles. The van der Waals surface area contributed by atoms with Crippen molar-refractivity contribution < 1.29 is 18.3 Å². The van der Waals surface area contributed by atoms with Gasteiger partial charge in [-0.1, -0.05) is 6.07 Å². The zero-order chi connectivity index (χ0) is 12.6. The second-order valence-electron chi connectivity index (χ2n) is 3.75. The van der Waals surface area contributed by atoms with Crippen molar-refractivity contribution in [3.63, 3.8) is 0 Å². The first kappa shape index (κ1) is 11.7. The summed E-state index contributed by atoms with van der Waals surface area (Å²) in [4.78, 5) is 0. The molecule has 0 spiro atoms.